The standard InChI is InChI=1S/C19H27N7O20P4/c20-15-10-16(22-5-21-15)26(6-23-10)18-14(31)12(29)8(43-18)4-41-49(36,37)46-50(38,39)45-47(33)44-48(34,35)40-3-7-11(28)13(30)17(42-7)25-2-1-9(27)24-19(25)32/h1-2,5-8,11-14,17-18,28-31,33H,3-4H2,(H,34,35)(H,36,37)(H,38,39)(H2,20,21,22)(H,24,27,32)/t7-,8-,11-,12-,13-,14-,17-,18-,47?/m1/s1. The monoisotopic (exact) mass is 797 g/mol. The van der Waals surface area contributed by atoms with Gasteiger partial charge in [0.15, 0.2) is 23.9 Å². The molecule has 5 heterocycles. The maximum atomic E-state index is 12.3. The summed E-state index contributed by atoms with van der Waals surface area (Å²) in [7, 11) is -20.8. The fourth-order valence-corrected chi connectivity index (χ4v) is 8.87. The van der Waals surface area contributed by atoms with Gasteiger partial charge in [-0.25, -0.2) is 42.1 Å². The minimum atomic E-state index is -5.86. The molecule has 3 aromatic heterocycles. The Labute approximate surface area is 277 Å². The van der Waals surface area contributed by atoms with Crippen LogP contribution < -0.4 is 17.0 Å². The number of H-pyrrole nitrogens is 1. The molecule has 0 aromatic carbocycles. The molecular weight excluding hydrogens is 770 g/mol. The third kappa shape index (κ3) is 8.77. The number of aliphatic hydroxyl groups excluding tert-OH is 4. The van der Waals surface area contributed by atoms with Gasteiger partial charge in [-0.2, -0.15) is 4.31 Å². The SMILES string of the molecule is Nc1ncnc2c1ncn2[C@@H]1O[C@H](COP(=O)(O)OP(=O)(O)OP(O)OP(=O)(O)OC[C@H]2O[C@@H](n3ccc(=O)[nH]c3=O)[C@H](O)[C@@H]2O)[C@@H](O)[C@H]1O. The van der Waals surface area contributed by atoms with Crippen LogP contribution in [-0.2, 0) is 45.1 Å². The van der Waals surface area contributed by atoms with Crippen LogP contribution in [0.15, 0.2) is 34.5 Å². The topological polar surface area (TPSA) is 402 Å². The van der Waals surface area contributed by atoms with Gasteiger partial charge >= 0.3 is 37.8 Å². The first kappa shape index (κ1) is 38.8. The lowest BCUT2D eigenvalue weighted by molar-refractivity contribution is -0.0541. The van der Waals surface area contributed by atoms with Crippen LogP contribution in [0.5, 0.6) is 0 Å². The van der Waals surface area contributed by atoms with Gasteiger partial charge in [0.25, 0.3) is 5.56 Å². The molecule has 0 bridgehead atoms. The average molecular weight is 797 g/mol. The molecule has 0 spiro atoms. The third-order valence-electron chi connectivity index (χ3n) is 6.82. The van der Waals surface area contributed by atoms with Crippen molar-refractivity contribution in [2.75, 3.05) is 18.9 Å². The number of aromatic amines is 1. The van der Waals surface area contributed by atoms with Crippen LogP contribution in [0.2, 0.25) is 0 Å². The van der Waals surface area contributed by atoms with E-state index in [9.17, 15) is 63.3 Å². The maximum Gasteiger partial charge on any atom is 0.488 e. The fourth-order valence-electron chi connectivity index (χ4n) is 4.60. The van der Waals surface area contributed by atoms with Crippen molar-refractivity contribution >= 4 is 49.1 Å². The van der Waals surface area contributed by atoms with Gasteiger partial charge < -0.3 is 55.2 Å². The molecule has 50 heavy (non-hydrogen) atoms. The summed E-state index contributed by atoms with van der Waals surface area (Å²) in [5.74, 6) is -0.000470. The molecule has 11 N–H and O–H groups in total. The first-order valence-corrected chi connectivity index (χ1v) is 19.0. The number of aromatic nitrogens is 6. The Hall–Kier alpha value is -2.45. The molecular formula is C19H27N7O20P4. The number of aliphatic hydroxyl groups is 4. The van der Waals surface area contributed by atoms with E-state index in [-0.39, 0.29) is 17.0 Å². The molecule has 2 saturated heterocycles. The van der Waals surface area contributed by atoms with Crippen molar-refractivity contribution in [3.63, 3.8) is 0 Å². The van der Waals surface area contributed by atoms with Gasteiger partial charge in [0.1, 0.15) is 48.5 Å². The largest absolute Gasteiger partial charge is 0.488 e. The Morgan fingerprint density at radius 2 is 1.40 bits per heavy atom. The van der Waals surface area contributed by atoms with E-state index in [4.69, 9.17) is 15.2 Å². The quantitative estimate of drug-likeness (QED) is 0.0718. The molecule has 4 unspecified atom stereocenters. The molecule has 0 radical (unpaired) electrons. The molecule has 12 atom stereocenters. The summed E-state index contributed by atoms with van der Waals surface area (Å²) >= 11 is 0. The van der Waals surface area contributed by atoms with Crippen molar-refractivity contribution < 1.29 is 85.1 Å². The van der Waals surface area contributed by atoms with Gasteiger partial charge in [-0.05, 0) is 0 Å². The predicted octanol–water partition coefficient (Wildman–Crippen LogP) is -3.20. The molecule has 5 rings (SSSR count). The number of hydrogen-bond acceptors (Lipinski definition) is 21. The molecule has 2 aliphatic heterocycles. The zero-order valence-electron chi connectivity index (χ0n) is 24.4. The number of imidazole rings is 1. The number of nitrogens with two attached hydrogens (primary N) is 1. The van der Waals surface area contributed by atoms with Crippen LogP contribution in [0.4, 0.5) is 5.82 Å². The van der Waals surface area contributed by atoms with Crippen molar-refractivity contribution in [2.24, 2.45) is 0 Å². The number of rotatable bonds is 14. The van der Waals surface area contributed by atoms with E-state index in [1.807, 2.05) is 4.98 Å². The Morgan fingerprint density at radius 1 is 0.840 bits per heavy atom. The highest BCUT2D eigenvalue weighted by Crippen LogP contribution is 2.68. The van der Waals surface area contributed by atoms with E-state index in [0.29, 0.717) is 4.57 Å². The summed E-state index contributed by atoms with van der Waals surface area (Å²) in [6.07, 6.45) is -10.00. The van der Waals surface area contributed by atoms with Gasteiger partial charge in [-0.1, -0.05) is 0 Å². The van der Waals surface area contributed by atoms with E-state index < -0.39 is 106 Å². The second-order valence-electron chi connectivity index (χ2n) is 10.2. The van der Waals surface area contributed by atoms with E-state index in [2.05, 4.69) is 36.9 Å². The normalized spacial score (nSPS) is 31.3. The number of fused-ring (bicyclic) bond motifs is 1. The summed E-state index contributed by atoms with van der Waals surface area (Å²) in [6.45, 7) is -2.10. The molecule has 3 aromatic rings. The molecule has 31 heteroatoms. The number of nitrogen functional groups attached to an aromatic ring is 1. The highest BCUT2D eigenvalue weighted by atomic mass is 31.3. The number of nitrogens with zero attached hydrogens (tertiary/aromatic N) is 5. The average Bonchev–Trinajstić information content (AvgIpc) is 3.64. The zero-order chi connectivity index (χ0) is 36.8. The second-order valence-corrected chi connectivity index (χ2v) is 15.9. The van der Waals surface area contributed by atoms with Crippen molar-refractivity contribution in [1.82, 2.24) is 29.1 Å². The van der Waals surface area contributed by atoms with Crippen LogP contribution >= 0.6 is 32.1 Å². The van der Waals surface area contributed by atoms with E-state index >= 15 is 0 Å². The lowest BCUT2D eigenvalue weighted by Crippen LogP contribution is -2.37. The van der Waals surface area contributed by atoms with Crippen molar-refractivity contribution in [1.29, 1.82) is 0 Å². The molecule has 0 aliphatic carbocycles. The molecule has 2 aliphatic rings. The van der Waals surface area contributed by atoms with E-state index in [1.165, 1.54) is 4.57 Å². The summed E-state index contributed by atoms with van der Waals surface area (Å²) in [6, 6.07) is 0.909. The molecule has 0 saturated carbocycles. The summed E-state index contributed by atoms with van der Waals surface area (Å²) in [5.41, 5.74) is 4.16. The third-order valence-corrected chi connectivity index (χ3v) is 12.2. The fraction of sp³-hybridized carbons (Fsp3) is 0.526. The lowest BCUT2D eigenvalue weighted by Gasteiger charge is -2.21. The highest BCUT2D eigenvalue weighted by molar-refractivity contribution is 7.67. The van der Waals surface area contributed by atoms with Gasteiger partial charge in [0.2, 0.25) is 0 Å². The van der Waals surface area contributed by atoms with Gasteiger partial charge in [-0.3, -0.25) is 28.0 Å². The predicted molar refractivity (Wildman–Crippen MR) is 157 cm³/mol. The molecule has 278 valence electrons. The number of hydrogen-bond donors (Lipinski definition) is 10. The number of phosphoric acid groups is 3. The van der Waals surface area contributed by atoms with E-state index in [0.717, 1.165) is 24.9 Å². The Kier molecular flexibility index (Phi) is 11.5. The molecule has 0 amide bonds. The first-order valence-electron chi connectivity index (χ1n) is 13.4. The summed E-state index contributed by atoms with van der Waals surface area (Å²) in [4.78, 5) is 76.3. The molecule has 2 fully saturated rings. The second kappa shape index (κ2) is 14.9. The van der Waals surface area contributed by atoms with Gasteiger partial charge in [0.05, 0.1) is 19.5 Å². The van der Waals surface area contributed by atoms with Crippen LogP contribution in [0.25, 0.3) is 11.2 Å². The van der Waals surface area contributed by atoms with Crippen molar-refractivity contribution in [3.8, 4) is 0 Å². The van der Waals surface area contributed by atoms with Gasteiger partial charge in [-0.15, -0.1) is 0 Å². The Bertz CT molecular complexity index is 1960. The number of ether oxygens (including phenoxy) is 2. The van der Waals surface area contributed by atoms with Gasteiger partial charge in [0, 0.05) is 12.3 Å². The highest BCUT2D eigenvalue weighted by Gasteiger charge is 2.48. The lowest BCUT2D eigenvalue weighted by atomic mass is 10.1. The van der Waals surface area contributed by atoms with Crippen molar-refractivity contribution in [2.45, 2.75) is 49.1 Å². The smallest absolute Gasteiger partial charge is 0.387 e. The van der Waals surface area contributed by atoms with Crippen LogP contribution in [0.1, 0.15) is 12.5 Å². The zero-order valence-corrected chi connectivity index (χ0v) is 28.0. The molecule has 27 nitrogen and oxygen atoms in total. The maximum absolute atomic E-state index is 12.3. The minimum Gasteiger partial charge on any atom is -0.387 e. The van der Waals surface area contributed by atoms with E-state index in [1.54, 1.807) is 0 Å². The van der Waals surface area contributed by atoms with Crippen LogP contribution in [0, 0.1) is 0 Å². The number of phosphoric ester groups is 2. The Morgan fingerprint density at radius 3 is 2.00 bits per heavy atom. The summed E-state index contributed by atoms with van der Waals surface area (Å²) < 4.78 is 70.8. The first-order chi connectivity index (χ1) is 23.3. The number of anilines is 1. The number of nitrogens with one attached hydrogen (secondary N) is 1. The Balaban J connectivity index is 1.11. The van der Waals surface area contributed by atoms with Crippen LogP contribution in [-0.4, -0.2) is 119 Å². The van der Waals surface area contributed by atoms with Crippen LogP contribution in [0.3, 0.4) is 0 Å². The summed E-state index contributed by atoms with van der Waals surface area (Å²) in [5, 5.41) is 41.3. The van der Waals surface area contributed by atoms with Crippen molar-refractivity contribution in [3.05, 3.63) is 45.8 Å². The minimum absolute atomic E-state index is 0.000470.